The quantitative estimate of drug-likeness (QED) is 0.494. The smallest absolute Gasteiger partial charge is 0.418 e. The Labute approximate surface area is 73.9 Å². The van der Waals surface area contributed by atoms with Gasteiger partial charge in [-0.1, -0.05) is 13.0 Å². The molecule has 0 saturated heterocycles. The molecule has 0 aliphatic rings. The first-order valence-electron chi connectivity index (χ1n) is 3.70. The van der Waals surface area contributed by atoms with Crippen LogP contribution in [-0.4, -0.2) is 12.2 Å². The normalized spacial score (nSPS) is 10.2. The van der Waals surface area contributed by atoms with Gasteiger partial charge < -0.3 is 17.3 Å². The van der Waals surface area contributed by atoms with E-state index in [1.165, 1.54) is 0 Å². The molecule has 1 aromatic heterocycles. The summed E-state index contributed by atoms with van der Waals surface area (Å²) in [5, 5.41) is 0. The maximum Gasteiger partial charge on any atom is 0.673 e. The molecule has 0 bridgehead atoms. The molecular formula is C7H9BF4N-. The van der Waals surface area contributed by atoms with E-state index in [9.17, 15) is 17.3 Å². The summed E-state index contributed by atoms with van der Waals surface area (Å²) in [7, 11) is -6.00. The lowest BCUT2D eigenvalue weighted by molar-refractivity contribution is 0.368. The van der Waals surface area contributed by atoms with Crippen molar-refractivity contribution in [2.24, 2.45) is 0 Å². The zero-order valence-electron chi connectivity index (χ0n) is 7.05. The third-order valence-corrected chi connectivity index (χ3v) is 1.09. The average Bonchev–Trinajstić information content (AvgIpc) is 2.03. The third kappa shape index (κ3) is 10.9. The van der Waals surface area contributed by atoms with Gasteiger partial charge in [-0.3, -0.25) is 4.98 Å². The summed E-state index contributed by atoms with van der Waals surface area (Å²) in [5.74, 6) is 0. The minimum atomic E-state index is -6.00. The standard InChI is InChI=1S/C7H9N.BF4/c1-2-7-5-3-4-6-8-7;2-1(3,4)5/h3-6H,2H2,1H3;/q;-1. The van der Waals surface area contributed by atoms with Crippen LogP contribution in [0.3, 0.4) is 0 Å². The zero-order chi connectivity index (χ0) is 10.3. The molecule has 0 aliphatic heterocycles. The molecule has 13 heavy (non-hydrogen) atoms. The van der Waals surface area contributed by atoms with Gasteiger partial charge in [-0.05, 0) is 18.6 Å². The topological polar surface area (TPSA) is 12.9 Å². The molecule has 0 aliphatic carbocycles. The van der Waals surface area contributed by atoms with Gasteiger partial charge in [0, 0.05) is 11.9 Å². The number of nitrogens with zero attached hydrogens (tertiary/aromatic N) is 1. The Morgan fingerprint density at radius 1 is 1.23 bits per heavy atom. The van der Waals surface area contributed by atoms with Crippen LogP contribution in [0.2, 0.25) is 0 Å². The third-order valence-electron chi connectivity index (χ3n) is 1.09. The van der Waals surface area contributed by atoms with Crippen LogP contribution in [0.25, 0.3) is 0 Å². The van der Waals surface area contributed by atoms with E-state index >= 15 is 0 Å². The Kier molecular flexibility index (Phi) is 5.10. The van der Waals surface area contributed by atoms with Crippen molar-refractivity contribution in [3.8, 4) is 0 Å². The second kappa shape index (κ2) is 5.56. The van der Waals surface area contributed by atoms with E-state index in [4.69, 9.17) is 0 Å². The molecule has 0 aromatic carbocycles. The molecule has 6 heteroatoms. The first-order valence-corrected chi connectivity index (χ1v) is 3.70. The highest BCUT2D eigenvalue weighted by molar-refractivity contribution is 6.50. The lowest BCUT2D eigenvalue weighted by atomic mass is 10.3. The molecule has 1 heterocycles. The summed E-state index contributed by atoms with van der Waals surface area (Å²) in [4.78, 5) is 4.10. The van der Waals surface area contributed by atoms with Crippen molar-refractivity contribution in [3.63, 3.8) is 0 Å². The summed E-state index contributed by atoms with van der Waals surface area (Å²) >= 11 is 0. The van der Waals surface area contributed by atoms with Crippen molar-refractivity contribution < 1.29 is 17.3 Å². The summed E-state index contributed by atoms with van der Waals surface area (Å²) in [6.07, 6.45) is 2.85. The second-order valence-electron chi connectivity index (χ2n) is 2.17. The van der Waals surface area contributed by atoms with E-state index in [1.54, 1.807) is 0 Å². The molecule has 0 radical (unpaired) electrons. The predicted octanol–water partition coefficient (Wildman–Crippen LogP) is 2.94. The van der Waals surface area contributed by atoms with Gasteiger partial charge in [-0.2, -0.15) is 0 Å². The van der Waals surface area contributed by atoms with Gasteiger partial charge in [0.1, 0.15) is 0 Å². The SMILES string of the molecule is CCc1ccccn1.F[B-](F)(F)F. The van der Waals surface area contributed by atoms with Crippen molar-refractivity contribution in [1.82, 2.24) is 4.98 Å². The number of hydrogen-bond acceptors (Lipinski definition) is 1. The van der Waals surface area contributed by atoms with E-state index in [1.807, 2.05) is 24.4 Å². The number of aromatic nitrogens is 1. The van der Waals surface area contributed by atoms with Crippen LogP contribution in [0.5, 0.6) is 0 Å². The minimum Gasteiger partial charge on any atom is -0.418 e. The van der Waals surface area contributed by atoms with Gasteiger partial charge in [0.2, 0.25) is 0 Å². The summed E-state index contributed by atoms with van der Waals surface area (Å²) in [6.45, 7) is 2.10. The fourth-order valence-corrected chi connectivity index (χ4v) is 0.607. The fraction of sp³-hybridized carbons (Fsp3) is 0.286. The fourth-order valence-electron chi connectivity index (χ4n) is 0.607. The average molecular weight is 194 g/mol. The van der Waals surface area contributed by atoms with E-state index in [0.29, 0.717) is 0 Å². The van der Waals surface area contributed by atoms with E-state index < -0.39 is 7.25 Å². The molecular weight excluding hydrogens is 185 g/mol. The maximum absolute atomic E-state index is 9.75. The van der Waals surface area contributed by atoms with Gasteiger partial charge >= 0.3 is 7.25 Å². The highest BCUT2D eigenvalue weighted by Crippen LogP contribution is 2.06. The molecule has 0 atom stereocenters. The van der Waals surface area contributed by atoms with Crippen LogP contribution in [0, 0.1) is 0 Å². The highest BCUT2D eigenvalue weighted by atomic mass is 19.5. The van der Waals surface area contributed by atoms with Crippen molar-refractivity contribution in [1.29, 1.82) is 0 Å². The van der Waals surface area contributed by atoms with E-state index in [2.05, 4.69) is 11.9 Å². The molecule has 1 nitrogen and oxygen atoms in total. The van der Waals surface area contributed by atoms with Crippen LogP contribution < -0.4 is 0 Å². The van der Waals surface area contributed by atoms with Gasteiger partial charge in [0.05, 0.1) is 0 Å². The zero-order valence-corrected chi connectivity index (χ0v) is 7.05. The maximum atomic E-state index is 9.75. The summed E-state index contributed by atoms with van der Waals surface area (Å²) < 4.78 is 39.0. The minimum absolute atomic E-state index is 1.03. The van der Waals surface area contributed by atoms with Gasteiger partial charge in [-0.25, -0.2) is 0 Å². The molecule has 0 saturated carbocycles. The summed E-state index contributed by atoms with van der Waals surface area (Å²) in [6, 6.07) is 5.96. The lowest BCUT2D eigenvalue weighted by Crippen LogP contribution is -2.02. The van der Waals surface area contributed by atoms with E-state index in [0.717, 1.165) is 12.1 Å². The van der Waals surface area contributed by atoms with Crippen molar-refractivity contribution >= 4 is 7.25 Å². The second-order valence-corrected chi connectivity index (χ2v) is 2.17. The highest BCUT2D eigenvalue weighted by Gasteiger charge is 2.20. The van der Waals surface area contributed by atoms with Crippen LogP contribution in [0.15, 0.2) is 24.4 Å². The first kappa shape index (κ1) is 11.9. The number of hydrogen-bond donors (Lipinski definition) is 0. The number of rotatable bonds is 1. The molecule has 0 spiro atoms. The van der Waals surface area contributed by atoms with Crippen LogP contribution in [0.1, 0.15) is 12.6 Å². The molecule has 0 unspecified atom stereocenters. The Hall–Kier alpha value is -1.07. The Balaban J connectivity index is 0.000000252. The number of pyridine rings is 1. The van der Waals surface area contributed by atoms with Crippen LogP contribution in [-0.2, 0) is 6.42 Å². The van der Waals surface area contributed by atoms with Crippen LogP contribution in [0.4, 0.5) is 17.3 Å². The van der Waals surface area contributed by atoms with Gasteiger partial charge in [0.25, 0.3) is 0 Å². The molecule has 0 fully saturated rings. The van der Waals surface area contributed by atoms with Crippen molar-refractivity contribution in [2.75, 3.05) is 0 Å². The monoisotopic (exact) mass is 194 g/mol. The van der Waals surface area contributed by atoms with Gasteiger partial charge in [0.15, 0.2) is 0 Å². The Morgan fingerprint density at radius 2 is 1.77 bits per heavy atom. The lowest BCUT2D eigenvalue weighted by Gasteiger charge is -1.94. The Bertz CT molecular complexity index is 218. The molecule has 74 valence electrons. The van der Waals surface area contributed by atoms with Crippen molar-refractivity contribution in [2.45, 2.75) is 13.3 Å². The Morgan fingerprint density at radius 3 is 2.00 bits per heavy atom. The number of aryl methyl sites for hydroxylation is 1. The van der Waals surface area contributed by atoms with Crippen LogP contribution >= 0.6 is 0 Å². The summed E-state index contributed by atoms with van der Waals surface area (Å²) in [5.41, 5.74) is 1.16. The largest absolute Gasteiger partial charge is 0.673 e. The molecule has 0 amide bonds. The van der Waals surface area contributed by atoms with E-state index in [-0.39, 0.29) is 0 Å². The first-order chi connectivity index (χ1) is 5.93. The number of halogens is 4. The van der Waals surface area contributed by atoms with Gasteiger partial charge in [-0.15, -0.1) is 0 Å². The van der Waals surface area contributed by atoms with Crippen molar-refractivity contribution in [3.05, 3.63) is 30.1 Å². The predicted molar refractivity (Wildman–Crippen MR) is 43.8 cm³/mol. The molecule has 0 N–H and O–H groups in total. The molecule has 1 rings (SSSR count). The molecule has 1 aromatic rings.